The number of nitrogens with one attached hydrogen (secondary N) is 1. The van der Waals surface area contributed by atoms with Crippen molar-refractivity contribution in [2.75, 3.05) is 12.4 Å². The summed E-state index contributed by atoms with van der Waals surface area (Å²) in [4.78, 5) is 0. The van der Waals surface area contributed by atoms with E-state index in [0.717, 1.165) is 11.5 Å². The molecule has 1 N–H and O–H groups in total. The molecule has 3 aromatic heterocycles. The van der Waals surface area contributed by atoms with E-state index >= 15 is 0 Å². The quantitative estimate of drug-likeness (QED) is 0.606. The minimum Gasteiger partial charge on any atom is -0.496 e. The molecule has 0 spiro atoms. The second-order valence-corrected chi connectivity index (χ2v) is 5.35. The van der Waals surface area contributed by atoms with Crippen molar-refractivity contribution in [1.82, 2.24) is 24.4 Å². The van der Waals surface area contributed by atoms with E-state index in [1.54, 1.807) is 33.7 Å². The minimum atomic E-state index is -0.319. The Bertz CT molecular complexity index is 1010. The largest absolute Gasteiger partial charge is 0.496 e. The molecule has 1 aromatic carbocycles. The van der Waals surface area contributed by atoms with Gasteiger partial charge in [0, 0.05) is 24.5 Å². The third-order valence-electron chi connectivity index (χ3n) is 3.93. The smallest absolute Gasteiger partial charge is 0.188 e. The molecule has 4 rings (SSSR count). The molecule has 0 aliphatic carbocycles. The van der Waals surface area contributed by atoms with Gasteiger partial charge in [0.05, 0.1) is 7.11 Å². The summed E-state index contributed by atoms with van der Waals surface area (Å²) in [7, 11) is 1.52. The van der Waals surface area contributed by atoms with Gasteiger partial charge < -0.3 is 10.1 Å². The molecule has 126 valence electrons. The topological polar surface area (TPSA) is 69.3 Å². The summed E-state index contributed by atoms with van der Waals surface area (Å²) in [5.41, 5.74) is 1.91. The number of methoxy groups -OCH3 is 1. The second kappa shape index (κ2) is 6.23. The van der Waals surface area contributed by atoms with Gasteiger partial charge in [0.1, 0.15) is 29.4 Å². The Kier molecular flexibility index (Phi) is 3.77. The van der Waals surface area contributed by atoms with E-state index in [2.05, 4.69) is 20.6 Å². The highest BCUT2D eigenvalue weighted by molar-refractivity contribution is 5.63. The van der Waals surface area contributed by atoms with Crippen LogP contribution in [0, 0.1) is 5.82 Å². The molecule has 0 unspecified atom stereocenters. The summed E-state index contributed by atoms with van der Waals surface area (Å²) in [6.45, 7) is 0.268. The maximum atomic E-state index is 14.1. The fourth-order valence-electron chi connectivity index (χ4n) is 2.71. The Labute approximate surface area is 142 Å². The molecule has 4 aromatic rings. The molecule has 0 saturated heterocycles. The average molecular weight is 338 g/mol. The Morgan fingerprint density at radius 3 is 2.92 bits per heavy atom. The molecule has 0 amide bonds. The Morgan fingerprint density at radius 2 is 2.12 bits per heavy atom. The molecule has 25 heavy (non-hydrogen) atoms. The van der Waals surface area contributed by atoms with Crippen molar-refractivity contribution in [1.29, 1.82) is 0 Å². The lowest BCUT2D eigenvalue weighted by Crippen LogP contribution is -2.08. The fourth-order valence-corrected chi connectivity index (χ4v) is 2.71. The fraction of sp³-hybridized carbons (Fsp3) is 0.118. The molecular weight excluding hydrogens is 323 g/mol. The van der Waals surface area contributed by atoms with Crippen LogP contribution in [0.15, 0.2) is 55.1 Å². The molecule has 0 fully saturated rings. The monoisotopic (exact) mass is 338 g/mol. The summed E-state index contributed by atoms with van der Waals surface area (Å²) >= 11 is 0. The van der Waals surface area contributed by atoms with Gasteiger partial charge in [0.2, 0.25) is 0 Å². The zero-order chi connectivity index (χ0) is 17.2. The van der Waals surface area contributed by atoms with Crippen molar-refractivity contribution in [2.24, 2.45) is 0 Å². The summed E-state index contributed by atoms with van der Waals surface area (Å²) in [6, 6.07) is 10.4. The van der Waals surface area contributed by atoms with Crippen LogP contribution in [0.4, 0.5) is 10.2 Å². The summed E-state index contributed by atoms with van der Waals surface area (Å²) < 4.78 is 22.8. The van der Waals surface area contributed by atoms with Crippen LogP contribution in [0.2, 0.25) is 0 Å². The zero-order valence-corrected chi connectivity index (χ0v) is 13.4. The van der Waals surface area contributed by atoms with Gasteiger partial charge in [0.25, 0.3) is 0 Å². The first-order valence-corrected chi connectivity index (χ1v) is 7.66. The predicted octanol–water partition coefficient (Wildman–Crippen LogP) is 2.67. The molecular formula is C17H15FN6O. The minimum absolute atomic E-state index is 0.268. The third kappa shape index (κ3) is 2.67. The molecule has 0 aliphatic rings. The Balaban J connectivity index is 1.68. The van der Waals surface area contributed by atoms with Gasteiger partial charge in [-0.25, -0.2) is 9.07 Å². The number of pyridine rings is 1. The number of nitrogens with zero attached hydrogens (tertiary/aromatic N) is 5. The number of halogens is 1. The van der Waals surface area contributed by atoms with E-state index in [4.69, 9.17) is 4.74 Å². The SMILES string of the molecule is COc1cccc(F)c1CNc1ccc(-n2cccn2)c2nncn12. The summed E-state index contributed by atoms with van der Waals surface area (Å²) in [6.07, 6.45) is 5.13. The molecule has 0 saturated carbocycles. The molecule has 0 aliphatic heterocycles. The Morgan fingerprint density at radius 1 is 1.20 bits per heavy atom. The predicted molar refractivity (Wildman–Crippen MR) is 90.4 cm³/mol. The van der Waals surface area contributed by atoms with E-state index in [1.165, 1.54) is 13.2 Å². The van der Waals surface area contributed by atoms with Gasteiger partial charge >= 0.3 is 0 Å². The van der Waals surface area contributed by atoms with Gasteiger partial charge in [-0.1, -0.05) is 6.07 Å². The van der Waals surface area contributed by atoms with Crippen LogP contribution in [0.5, 0.6) is 5.75 Å². The normalized spacial score (nSPS) is 11.0. The molecule has 8 heteroatoms. The van der Waals surface area contributed by atoms with Crippen LogP contribution in [-0.4, -0.2) is 31.5 Å². The number of aromatic nitrogens is 5. The lowest BCUT2D eigenvalue weighted by Gasteiger charge is -2.13. The number of hydrogen-bond acceptors (Lipinski definition) is 5. The summed E-state index contributed by atoms with van der Waals surface area (Å²) in [5, 5.41) is 15.6. The second-order valence-electron chi connectivity index (χ2n) is 5.35. The lowest BCUT2D eigenvalue weighted by molar-refractivity contribution is 0.405. The van der Waals surface area contributed by atoms with Gasteiger partial charge in [-0.3, -0.25) is 4.40 Å². The van der Waals surface area contributed by atoms with Crippen molar-refractivity contribution >= 4 is 11.5 Å². The van der Waals surface area contributed by atoms with Crippen molar-refractivity contribution in [2.45, 2.75) is 6.54 Å². The van der Waals surface area contributed by atoms with E-state index < -0.39 is 0 Å². The highest BCUT2D eigenvalue weighted by Gasteiger charge is 2.12. The molecule has 0 radical (unpaired) electrons. The first-order valence-electron chi connectivity index (χ1n) is 7.66. The number of hydrogen-bond donors (Lipinski definition) is 1. The maximum absolute atomic E-state index is 14.1. The standard InChI is InChI=1S/C17H15FN6O/c1-25-15-5-2-4-13(18)12(15)10-19-16-7-6-14(24-9-3-8-21-24)17-22-20-11-23(16)17/h2-9,11,19H,10H2,1H3. The number of anilines is 1. The summed E-state index contributed by atoms with van der Waals surface area (Å²) in [5.74, 6) is 0.918. The van der Waals surface area contributed by atoms with E-state index in [0.29, 0.717) is 17.0 Å². The van der Waals surface area contributed by atoms with Gasteiger partial charge in [-0.15, -0.1) is 10.2 Å². The van der Waals surface area contributed by atoms with Crippen LogP contribution in [0.1, 0.15) is 5.56 Å². The maximum Gasteiger partial charge on any atom is 0.188 e. The van der Waals surface area contributed by atoms with Crippen LogP contribution in [-0.2, 0) is 6.54 Å². The van der Waals surface area contributed by atoms with Gasteiger partial charge in [-0.2, -0.15) is 5.10 Å². The number of ether oxygens (including phenoxy) is 1. The highest BCUT2D eigenvalue weighted by Crippen LogP contribution is 2.24. The number of benzene rings is 1. The van der Waals surface area contributed by atoms with Crippen molar-refractivity contribution in [3.05, 3.63) is 66.5 Å². The zero-order valence-electron chi connectivity index (χ0n) is 13.4. The number of rotatable bonds is 5. The molecule has 3 heterocycles. The highest BCUT2D eigenvalue weighted by atomic mass is 19.1. The average Bonchev–Trinajstić information content (AvgIpc) is 3.32. The van der Waals surface area contributed by atoms with E-state index in [-0.39, 0.29) is 12.4 Å². The van der Waals surface area contributed by atoms with Crippen LogP contribution >= 0.6 is 0 Å². The van der Waals surface area contributed by atoms with E-state index in [1.807, 2.05) is 24.4 Å². The molecule has 0 bridgehead atoms. The molecule has 7 nitrogen and oxygen atoms in total. The van der Waals surface area contributed by atoms with Crippen molar-refractivity contribution in [3.8, 4) is 11.4 Å². The van der Waals surface area contributed by atoms with Gasteiger partial charge in [0.15, 0.2) is 5.65 Å². The van der Waals surface area contributed by atoms with E-state index in [9.17, 15) is 4.39 Å². The van der Waals surface area contributed by atoms with Gasteiger partial charge in [-0.05, 0) is 30.3 Å². The molecule has 0 atom stereocenters. The first-order chi connectivity index (χ1) is 12.3. The lowest BCUT2D eigenvalue weighted by atomic mass is 10.2. The van der Waals surface area contributed by atoms with Crippen molar-refractivity contribution in [3.63, 3.8) is 0 Å². The number of fused-ring (bicyclic) bond motifs is 1. The first kappa shape index (κ1) is 15.1. The van der Waals surface area contributed by atoms with Crippen LogP contribution in [0.25, 0.3) is 11.3 Å². The Hall–Kier alpha value is -3.42. The van der Waals surface area contributed by atoms with Crippen molar-refractivity contribution < 1.29 is 9.13 Å². The third-order valence-corrected chi connectivity index (χ3v) is 3.93. The van der Waals surface area contributed by atoms with Crippen LogP contribution < -0.4 is 10.1 Å². The van der Waals surface area contributed by atoms with Crippen LogP contribution in [0.3, 0.4) is 0 Å².